The summed E-state index contributed by atoms with van der Waals surface area (Å²) in [5.41, 5.74) is 1.24. The molecule has 0 aliphatic rings. The number of benzene rings is 2. The maximum absolute atomic E-state index is 12.7. The molecule has 0 aliphatic heterocycles. The first-order chi connectivity index (χ1) is 7.68. The molecule has 1 nitrogen and oxygen atoms in total. The van der Waals surface area contributed by atoms with Gasteiger partial charge in [-0.3, -0.25) is 0 Å². The quantitative estimate of drug-likeness (QED) is 0.845. The minimum atomic E-state index is -0.825. The summed E-state index contributed by atoms with van der Waals surface area (Å²) < 4.78 is 12.7. The Labute approximate surface area is 98.1 Å². The molecule has 0 spiro atoms. The molecule has 2 aromatic carbocycles. The van der Waals surface area contributed by atoms with Crippen molar-refractivity contribution >= 4 is 11.6 Å². The number of hydrogen-bond acceptors (Lipinski definition) is 1. The zero-order chi connectivity index (χ0) is 11.5. The second-order valence-electron chi connectivity index (χ2n) is 3.48. The summed E-state index contributed by atoms with van der Waals surface area (Å²) in [5, 5.41) is 10.6. The van der Waals surface area contributed by atoms with Gasteiger partial charge >= 0.3 is 0 Å². The molecule has 0 aliphatic carbocycles. The minimum absolute atomic E-state index is 0.324. The molecule has 2 aromatic rings. The SMILES string of the molecule is O[C@H](c1ccc(F)cc1)c1ccccc1Cl. The van der Waals surface area contributed by atoms with E-state index in [0.717, 1.165) is 0 Å². The standard InChI is InChI=1S/C13H10ClFO/c14-12-4-2-1-3-11(12)13(16)9-5-7-10(15)8-6-9/h1-8,13,16H/t13-/m1/s1. The van der Waals surface area contributed by atoms with Crippen LogP contribution in [0.4, 0.5) is 4.39 Å². The lowest BCUT2D eigenvalue weighted by atomic mass is 10.0. The molecular formula is C13H10ClFO. The van der Waals surface area contributed by atoms with Crippen molar-refractivity contribution in [3.63, 3.8) is 0 Å². The predicted molar refractivity (Wildman–Crippen MR) is 61.9 cm³/mol. The van der Waals surface area contributed by atoms with Gasteiger partial charge in [0.25, 0.3) is 0 Å². The third-order valence-electron chi connectivity index (χ3n) is 2.39. The highest BCUT2D eigenvalue weighted by atomic mass is 35.5. The van der Waals surface area contributed by atoms with Gasteiger partial charge in [-0.05, 0) is 23.8 Å². The van der Waals surface area contributed by atoms with Gasteiger partial charge in [0, 0.05) is 10.6 Å². The molecule has 0 saturated carbocycles. The minimum Gasteiger partial charge on any atom is -0.384 e. The predicted octanol–water partition coefficient (Wildman–Crippen LogP) is 3.56. The maximum Gasteiger partial charge on any atom is 0.123 e. The van der Waals surface area contributed by atoms with Gasteiger partial charge in [-0.1, -0.05) is 41.9 Å². The van der Waals surface area contributed by atoms with Crippen LogP contribution in [0.15, 0.2) is 48.5 Å². The van der Waals surface area contributed by atoms with Gasteiger partial charge < -0.3 is 5.11 Å². The molecule has 1 N–H and O–H groups in total. The molecule has 0 radical (unpaired) electrons. The second-order valence-corrected chi connectivity index (χ2v) is 3.88. The van der Waals surface area contributed by atoms with Gasteiger partial charge in [-0.2, -0.15) is 0 Å². The van der Waals surface area contributed by atoms with Crippen molar-refractivity contribution in [1.82, 2.24) is 0 Å². The van der Waals surface area contributed by atoms with Crippen LogP contribution in [0, 0.1) is 5.82 Å². The Morgan fingerprint density at radius 1 is 1.00 bits per heavy atom. The fourth-order valence-corrected chi connectivity index (χ4v) is 1.76. The van der Waals surface area contributed by atoms with E-state index in [-0.39, 0.29) is 5.82 Å². The van der Waals surface area contributed by atoms with Crippen molar-refractivity contribution in [2.45, 2.75) is 6.10 Å². The molecule has 2 rings (SSSR count). The van der Waals surface area contributed by atoms with Crippen LogP contribution in [-0.2, 0) is 0 Å². The van der Waals surface area contributed by atoms with Crippen LogP contribution >= 0.6 is 11.6 Å². The highest BCUT2D eigenvalue weighted by molar-refractivity contribution is 6.31. The summed E-state index contributed by atoms with van der Waals surface area (Å²) in [6.07, 6.45) is -0.825. The van der Waals surface area contributed by atoms with E-state index >= 15 is 0 Å². The topological polar surface area (TPSA) is 20.2 Å². The van der Waals surface area contributed by atoms with Crippen LogP contribution in [0.5, 0.6) is 0 Å². The Bertz CT molecular complexity index is 482. The average molecular weight is 237 g/mol. The van der Waals surface area contributed by atoms with E-state index in [9.17, 15) is 9.50 Å². The molecule has 0 unspecified atom stereocenters. The Kier molecular flexibility index (Phi) is 3.22. The Morgan fingerprint density at radius 3 is 2.25 bits per heavy atom. The van der Waals surface area contributed by atoms with Crippen LogP contribution in [0.1, 0.15) is 17.2 Å². The fourth-order valence-electron chi connectivity index (χ4n) is 1.52. The lowest BCUT2D eigenvalue weighted by molar-refractivity contribution is 0.220. The third-order valence-corrected chi connectivity index (χ3v) is 2.73. The van der Waals surface area contributed by atoms with Gasteiger partial charge in [0.1, 0.15) is 11.9 Å². The van der Waals surface area contributed by atoms with E-state index in [2.05, 4.69) is 0 Å². The van der Waals surface area contributed by atoms with E-state index in [1.807, 2.05) is 0 Å². The third kappa shape index (κ3) is 2.23. The molecule has 3 heteroatoms. The van der Waals surface area contributed by atoms with Crippen LogP contribution in [0.3, 0.4) is 0 Å². The first-order valence-electron chi connectivity index (χ1n) is 4.86. The van der Waals surface area contributed by atoms with Crippen LogP contribution < -0.4 is 0 Å². The smallest absolute Gasteiger partial charge is 0.123 e. The highest BCUT2D eigenvalue weighted by Gasteiger charge is 2.12. The van der Waals surface area contributed by atoms with Gasteiger partial charge in [-0.25, -0.2) is 4.39 Å². The first kappa shape index (κ1) is 11.1. The number of aliphatic hydroxyl groups excluding tert-OH is 1. The lowest BCUT2D eigenvalue weighted by Crippen LogP contribution is -2.00. The van der Waals surface area contributed by atoms with Crippen molar-refractivity contribution in [2.24, 2.45) is 0 Å². The molecular weight excluding hydrogens is 227 g/mol. The van der Waals surface area contributed by atoms with E-state index in [4.69, 9.17) is 11.6 Å². The zero-order valence-electron chi connectivity index (χ0n) is 8.40. The first-order valence-corrected chi connectivity index (χ1v) is 5.24. The Morgan fingerprint density at radius 2 is 1.62 bits per heavy atom. The molecule has 0 bridgehead atoms. The second kappa shape index (κ2) is 4.64. The number of rotatable bonds is 2. The summed E-state index contributed by atoms with van der Waals surface area (Å²) in [6.45, 7) is 0. The van der Waals surface area contributed by atoms with Crippen molar-refractivity contribution in [2.75, 3.05) is 0 Å². The van der Waals surface area contributed by atoms with Crippen molar-refractivity contribution in [1.29, 1.82) is 0 Å². The van der Waals surface area contributed by atoms with Crippen molar-refractivity contribution < 1.29 is 9.50 Å². The summed E-state index contributed by atoms with van der Waals surface area (Å²) in [7, 11) is 0. The largest absolute Gasteiger partial charge is 0.384 e. The Balaban J connectivity index is 2.35. The van der Waals surface area contributed by atoms with Gasteiger partial charge in [0.2, 0.25) is 0 Å². The molecule has 0 heterocycles. The van der Waals surface area contributed by atoms with Gasteiger partial charge in [0.15, 0.2) is 0 Å². The number of halogens is 2. The summed E-state index contributed by atoms with van der Waals surface area (Å²) >= 11 is 5.97. The van der Waals surface area contributed by atoms with Crippen LogP contribution in [-0.4, -0.2) is 5.11 Å². The molecule has 16 heavy (non-hydrogen) atoms. The molecule has 0 amide bonds. The molecule has 0 fully saturated rings. The van der Waals surface area contributed by atoms with E-state index < -0.39 is 6.10 Å². The molecule has 1 atom stereocenters. The number of aliphatic hydroxyl groups is 1. The summed E-state index contributed by atoms with van der Waals surface area (Å²) in [6, 6.07) is 12.8. The molecule has 0 saturated heterocycles. The maximum atomic E-state index is 12.7. The van der Waals surface area contributed by atoms with Crippen LogP contribution in [0.2, 0.25) is 5.02 Å². The fraction of sp³-hybridized carbons (Fsp3) is 0.0769. The number of hydrogen-bond donors (Lipinski definition) is 1. The molecule has 0 aromatic heterocycles. The molecule has 82 valence electrons. The highest BCUT2D eigenvalue weighted by Crippen LogP contribution is 2.27. The normalized spacial score (nSPS) is 12.4. The van der Waals surface area contributed by atoms with Crippen molar-refractivity contribution in [3.8, 4) is 0 Å². The van der Waals surface area contributed by atoms with Crippen LogP contribution in [0.25, 0.3) is 0 Å². The zero-order valence-corrected chi connectivity index (χ0v) is 9.16. The average Bonchev–Trinajstić information content (AvgIpc) is 2.30. The summed E-state index contributed by atoms with van der Waals surface area (Å²) in [5.74, 6) is -0.324. The van der Waals surface area contributed by atoms with Gasteiger partial charge in [0.05, 0.1) is 0 Å². The van der Waals surface area contributed by atoms with E-state index in [0.29, 0.717) is 16.1 Å². The van der Waals surface area contributed by atoms with E-state index in [1.165, 1.54) is 12.1 Å². The van der Waals surface area contributed by atoms with Gasteiger partial charge in [-0.15, -0.1) is 0 Å². The van der Waals surface area contributed by atoms with Crippen molar-refractivity contribution in [3.05, 3.63) is 70.5 Å². The lowest BCUT2D eigenvalue weighted by Gasteiger charge is -2.12. The Hall–Kier alpha value is -1.38. The monoisotopic (exact) mass is 236 g/mol. The summed E-state index contributed by atoms with van der Waals surface area (Å²) in [4.78, 5) is 0. The van der Waals surface area contributed by atoms with E-state index in [1.54, 1.807) is 36.4 Å².